The van der Waals surface area contributed by atoms with Gasteiger partial charge in [0.15, 0.2) is 0 Å². The first-order chi connectivity index (χ1) is 9.63. The van der Waals surface area contributed by atoms with Crippen molar-refractivity contribution < 1.29 is 5.11 Å². The van der Waals surface area contributed by atoms with Gasteiger partial charge in [0.25, 0.3) is 0 Å². The number of phenols is 1. The number of nitrogens with one attached hydrogen (secondary N) is 1. The number of hydrogen-bond acceptors (Lipinski definition) is 3. The van der Waals surface area contributed by atoms with Gasteiger partial charge in [-0.25, -0.2) is 0 Å². The van der Waals surface area contributed by atoms with E-state index in [2.05, 4.69) is 41.7 Å². The highest BCUT2D eigenvalue weighted by Crippen LogP contribution is 2.31. The largest absolute Gasteiger partial charge is 0.508 e. The summed E-state index contributed by atoms with van der Waals surface area (Å²) in [5.74, 6) is 0.327. The molecule has 0 aromatic heterocycles. The van der Waals surface area contributed by atoms with Crippen LogP contribution in [0.15, 0.2) is 47.6 Å². The number of hydrogen-bond donors (Lipinski definition) is 2. The molecule has 1 aliphatic rings. The molecule has 1 atom stereocenters. The number of nitrogens with zero attached hydrogens (tertiary/aromatic N) is 1. The minimum atomic E-state index is 0.0474. The van der Waals surface area contributed by atoms with E-state index in [4.69, 9.17) is 0 Å². The Morgan fingerprint density at radius 2 is 1.75 bits per heavy atom. The lowest BCUT2D eigenvalue weighted by atomic mass is 9.97. The van der Waals surface area contributed by atoms with E-state index in [1.807, 2.05) is 19.1 Å². The van der Waals surface area contributed by atoms with E-state index >= 15 is 0 Å². The highest BCUT2D eigenvalue weighted by molar-refractivity contribution is 6.01. The Morgan fingerprint density at radius 3 is 2.50 bits per heavy atom. The van der Waals surface area contributed by atoms with Crippen molar-refractivity contribution in [3.8, 4) is 5.75 Å². The van der Waals surface area contributed by atoms with Gasteiger partial charge in [0.1, 0.15) is 5.75 Å². The Bertz CT molecular complexity index is 659. The van der Waals surface area contributed by atoms with Crippen LogP contribution >= 0.6 is 0 Å². The fourth-order valence-corrected chi connectivity index (χ4v) is 2.50. The molecular weight excluding hydrogens is 248 g/mol. The van der Waals surface area contributed by atoms with Crippen molar-refractivity contribution in [3.63, 3.8) is 0 Å². The Labute approximate surface area is 119 Å². The summed E-state index contributed by atoms with van der Waals surface area (Å²) in [7, 11) is 0. The zero-order valence-corrected chi connectivity index (χ0v) is 11.7. The number of hydrazone groups is 1. The number of aromatic hydroxyl groups is 1. The monoisotopic (exact) mass is 266 g/mol. The molecule has 0 saturated heterocycles. The predicted octanol–water partition coefficient (Wildman–Crippen LogP) is 3.45. The molecule has 2 aromatic carbocycles. The second-order valence-electron chi connectivity index (χ2n) is 5.37. The first kappa shape index (κ1) is 12.7. The third kappa shape index (κ3) is 2.39. The van der Waals surface area contributed by atoms with Gasteiger partial charge in [-0.3, -0.25) is 0 Å². The van der Waals surface area contributed by atoms with Gasteiger partial charge in [-0.1, -0.05) is 47.5 Å². The molecule has 1 heterocycles. The van der Waals surface area contributed by atoms with Crippen molar-refractivity contribution in [2.45, 2.75) is 26.3 Å². The summed E-state index contributed by atoms with van der Waals surface area (Å²) in [5, 5.41) is 14.4. The molecule has 2 aromatic rings. The van der Waals surface area contributed by atoms with Gasteiger partial charge in [0, 0.05) is 12.0 Å². The third-order valence-corrected chi connectivity index (χ3v) is 3.70. The van der Waals surface area contributed by atoms with E-state index in [0.717, 1.165) is 28.8 Å². The molecule has 102 valence electrons. The maximum atomic E-state index is 10.00. The normalized spacial score (nSPS) is 17.7. The number of aryl methyl sites for hydroxylation is 2. The molecule has 3 nitrogen and oxygen atoms in total. The van der Waals surface area contributed by atoms with E-state index < -0.39 is 0 Å². The summed E-state index contributed by atoms with van der Waals surface area (Å²) in [6.45, 7) is 4.10. The molecule has 2 N–H and O–H groups in total. The van der Waals surface area contributed by atoms with Crippen LogP contribution in [0.5, 0.6) is 5.75 Å². The van der Waals surface area contributed by atoms with Crippen LogP contribution in [0.3, 0.4) is 0 Å². The summed E-state index contributed by atoms with van der Waals surface area (Å²) in [6.07, 6.45) is 0.792. The van der Waals surface area contributed by atoms with Crippen molar-refractivity contribution in [1.82, 2.24) is 5.43 Å². The van der Waals surface area contributed by atoms with E-state index in [-0.39, 0.29) is 6.04 Å². The van der Waals surface area contributed by atoms with Crippen LogP contribution in [-0.4, -0.2) is 10.8 Å². The lowest BCUT2D eigenvalue weighted by Crippen LogP contribution is -2.10. The van der Waals surface area contributed by atoms with Crippen LogP contribution < -0.4 is 5.43 Å². The average molecular weight is 266 g/mol. The van der Waals surface area contributed by atoms with E-state index in [0.29, 0.717) is 5.75 Å². The SMILES string of the molecule is Cc1ccc(C2=NNC(c3cc(C)ccc3O)C2)cc1. The first-order valence-electron chi connectivity index (χ1n) is 6.82. The second kappa shape index (κ2) is 5.00. The smallest absolute Gasteiger partial charge is 0.120 e. The van der Waals surface area contributed by atoms with Crippen molar-refractivity contribution in [2.24, 2.45) is 5.10 Å². The summed E-state index contributed by atoms with van der Waals surface area (Å²) in [6, 6.07) is 14.1. The number of benzene rings is 2. The highest BCUT2D eigenvalue weighted by Gasteiger charge is 2.23. The van der Waals surface area contributed by atoms with Gasteiger partial charge in [-0.2, -0.15) is 5.10 Å². The van der Waals surface area contributed by atoms with Crippen molar-refractivity contribution >= 4 is 5.71 Å². The Morgan fingerprint density at radius 1 is 1.05 bits per heavy atom. The van der Waals surface area contributed by atoms with Crippen LogP contribution in [0, 0.1) is 13.8 Å². The average Bonchev–Trinajstić information content (AvgIpc) is 2.92. The van der Waals surface area contributed by atoms with Gasteiger partial charge in [-0.05, 0) is 25.5 Å². The summed E-state index contributed by atoms with van der Waals surface area (Å²) in [4.78, 5) is 0. The van der Waals surface area contributed by atoms with Crippen molar-refractivity contribution in [2.75, 3.05) is 0 Å². The molecule has 3 rings (SSSR count). The topological polar surface area (TPSA) is 44.6 Å². The van der Waals surface area contributed by atoms with Crippen LogP contribution in [0.25, 0.3) is 0 Å². The van der Waals surface area contributed by atoms with Crippen LogP contribution in [0.1, 0.15) is 34.7 Å². The van der Waals surface area contributed by atoms with E-state index in [9.17, 15) is 5.11 Å². The molecule has 0 spiro atoms. The predicted molar refractivity (Wildman–Crippen MR) is 81.1 cm³/mol. The zero-order valence-electron chi connectivity index (χ0n) is 11.7. The first-order valence-corrected chi connectivity index (χ1v) is 6.82. The molecule has 1 unspecified atom stereocenters. The Kier molecular flexibility index (Phi) is 3.18. The minimum Gasteiger partial charge on any atom is -0.508 e. The summed E-state index contributed by atoms with van der Waals surface area (Å²) >= 11 is 0. The molecular formula is C17H18N2O. The van der Waals surface area contributed by atoms with E-state index in [1.165, 1.54) is 5.56 Å². The lowest BCUT2D eigenvalue weighted by molar-refractivity contribution is 0.455. The molecule has 3 heteroatoms. The molecule has 0 amide bonds. The Balaban J connectivity index is 1.82. The van der Waals surface area contributed by atoms with Crippen molar-refractivity contribution in [1.29, 1.82) is 0 Å². The maximum Gasteiger partial charge on any atom is 0.120 e. The van der Waals surface area contributed by atoms with E-state index in [1.54, 1.807) is 6.07 Å². The van der Waals surface area contributed by atoms with Gasteiger partial charge >= 0.3 is 0 Å². The lowest BCUT2D eigenvalue weighted by Gasteiger charge is -2.13. The van der Waals surface area contributed by atoms with Crippen molar-refractivity contribution in [3.05, 3.63) is 64.7 Å². The molecule has 0 aliphatic carbocycles. The fraction of sp³-hybridized carbons (Fsp3) is 0.235. The van der Waals surface area contributed by atoms with Crippen LogP contribution in [-0.2, 0) is 0 Å². The zero-order chi connectivity index (χ0) is 14.1. The van der Waals surface area contributed by atoms with Gasteiger partial charge < -0.3 is 10.5 Å². The second-order valence-corrected chi connectivity index (χ2v) is 5.37. The van der Waals surface area contributed by atoms with Crippen LogP contribution in [0.2, 0.25) is 0 Å². The molecule has 0 fully saturated rings. The molecule has 20 heavy (non-hydrogen) atoms. The number of phenolic OH excluding ortho intramolecular Hbond substituents is 1. The van der Waals surface area contributed by atoms with Gasteiger partial charge in [-0.15, -0.1) is 0 Å². The summed E-state index contributed by atoms with van der Waals surface area (Å²) < 4.78 is 0. The summed E-state index contributed by atoms with van der Waals surface area (Å²) in [5.41, 5.74) is 8.61. The standard InChI is InChI=1S/C17H18N2O/c1-11-3-6-13(7-4-11)15-10-16(19-18-15)14-9-12(2)5-8-17(14)20/h3-9,16,19-20H,10H2,1-2H3. The Hall–Kier alpha value is -2.29. The minimum absolute atomic E-state index is 0.0474. The maximum absolute atomic E-state index is 10.00. The quantitative estimate of drug-likeness (QED) is 0.874. The molecule has 0 radical (unpaired) electrons. The third-order valence-electron chi connectivity index (χ3n) is 3.70. The highest BCUT2D eigenvalue weighted by atomic mass is 16.3. The van der Waals surface area contributed by atoms with Gasteiger partial charge in [0.2, 0.25) is 0 Å². The molecule has 0 saturated carbocycles. The van der Waals surface area contributed by atoms with Gasteiger partial charge in [0.05, 0.1) is 11.8 Å². The molecule has 1 aliphatic heterocycles. The van der Waals surface area contributed by atoms with Crippen LogP contribution in [0.4, 0.5) is 0 Å². The number of rotatable bonds is 2. The molecule has 0 bridgehead atoms. The fourth-order valence-electron chi connectivity index (χ4n) is 2.50.